The molecule has 46 heavy (non-hydrogen) atoms. The summed E-state index contributed by atoms with van der Waals surface area (Å²) in [4.78, 5) is 26.7. The van der Waals surface area contributed by atoms with E-state index in [1.165, 1.54) is 0 Å². The van der Waals surface area contributed by atoms with Gasteiger partial charge in [0.15, 0.2) is 6.29 Å². The van der Waals surface area contributed by atoms with Crippen LogP contribution in [0.2, 0.25) is 0 Å². The van der Waals surface area contributed by atoms with Gasteiger partial charge in [-0.2, -0.15) is 0 Å². The first kappa shape index (κ1) is 34.1. The van der Waals surface area contributed by atoms with Gasteiger partial charge >= 0.3 is 5.97 Å². The van der Waals surface area contributed by atoms with E-state index in [1.807, 2.05) is 19.9 Å². The number of Topliss-reactive ketones (excluding diaryl/α,β-unsaturated/α-hetero) is 1. The maximum Gasteiger partial charge on any atom is 0.336 e. The fraction of sp³-hybridized carbons (Fsp3) is 0.824. The summed E-state index contributed by atoms with van der Waals surface area (Å²) in [5, 5.41) is 74.6. The number of aliphatic hydroxyl groups excluding tert-OH is 5. The molecule has 2 heterocycles. The molecular formula is C34H50O12. The third kappa shape index (κ3) is 4.81. The lowest BCUT2D eigenvalue weighted by Gasteiger charge is -2.61. The summed E-state index contributed by atoms with van der Waals surface area (Å²) >= 11 is 0. The minimum Gasteiger partial charge on any atom is -0.456 e. The van der Waals surface area contributed by atoms with Crippen molar-refractivity contribution >= 4 is 11.8 Å². The number of aliphatic hydroxyl groups is 7. The first-order valence-electron chi connectivity index (χ1n) is 16.7. The van der Waals surface area contributed by atoms with Gasteiger partial charge in [0.25, 0.3) is 0 Å². The molecule has 12 heteroatoms. The molecule has 0 bridgehead atoms. The van der Waals surface area contributed by atoms with E-state index in [-0.39, 0.29) is 35.5 Å². The number of fused-ring (bicyclic) bond motifs is 5. The van der Waals surface area contributed by atoms with Crippen LogP contribution in [0.1, 0.15) is 79.1 Å². The second-order valence-electron chi connectivity index (χ2n) is 15.4. The Morgan fingerprint density at radius 2 is 1.72 bits per heavy atom. The van der Waals surface area contributed by atoms with Crippen LogP contribution in [0, 0.1) is 28.6 Å². The van der Waals surface area contributed by atoms with E-state index >= 15 is 0 Å². The van der Waals surface area contributed by atoms with Crippen LogP contribution in [-0.2, 0) is 23.8 Å². The molecule has 6 rings (SSSR count). The van der Waals surface area contributed by atoms with Crippen molar-refractivity contribution in [1.29, 1.82) is 0 Å². The van der Waals surface area contributed by atoms with E-state index in [2.05, 4.69) is 0 Å². The maximum atomic E-state index is 14.0. The van der Waals surface area contributed by atoms with Gasteiger partial charge in [-0.15, -0.1) is 0 Å². The van der Waals surface area contributed by atoms with Crippen molar-refractivity contribution < 1.29 is 59.5 Å². The molecule has 4 fully saturated rings. The highest BCUT2D eigenvalue weighted by molar-refractivity contribution is 5.91. The Kier molecular flexibility index (Phi) is 8.68. The molecule has 14 unspecified atom stereocenters. The number of ketones is 1. The van der Waals surface area contributed by atoms with Crippen molar-refractivity contribution in [3.05, 3.63) is 22.8 Å². The zero-order valence-corrected chi connectivity index (χ0v) is 27.1. The predicted molar refractivity (Wildman–Crippen MR) is 161 cm³/mol. The Morgan fingerprint density at radius 1 is 1.00 bits per heavy atom. The van der Waals surface area contributed by atoms with Crippen molar-refractivity contribution in [2.45, 2.75) is 133 Å². The quantitative estimate of drug-likeness (QED) is 0.154. The number of rotatable bonds is 6. The van der Waals surface area contributed by atoms with Crippen molar-refractivity contribution in [3.63, 3.8) is 0 Å². The summed E-state index contributed by atoms with van der Waals surface area (Å²) in [5.41, 5.74) is -2.32. The molecule has 0 aromatic heterocycles. The number of hydrogen-bond donors (Lipinski definition) is 7. The topological polar surface area (TPSA) is 203 Å². The monoisotopic (exact) mass is 650 g/mol. The molecular weight excluding hydrogens is 600 g/mol. The lowest BCUT2D eigenvalue weighted by molar-refractivity contribution is -0.312. The van der Waals surface area contributed by atoms with Crippen LogP contribution < -0.4 is 0 Å². The minimum absolute atomic E-state index is 0.0366. The smallest absolute Gasteiger partial charge is 0.336 e. The van der Waals surface area contributed by atoms with E-state index in [4.69, 9.17) is 14.2 Å². The Labute approximate surface area is 269 Å². The highest BCUT2D eigenvalue weighted by atomic mass is 16.7. The van der Waals surface area contributed by atoms with E-state index in [9.17, 15) is 45.3 Å². The normalized spacial score (nSPS) is 49.0. The highest BCUT2D eigenvalue weighted by Crippen LogP contribution is 2.69. The molecule has 1 saturated heterocycles. The summed E-state index contributed by atoms with van der Waals surface area (Å²) in [6.07, 6.45) is -3.03. The number of ether oxygens (including phenoxy) is 3. The molecule has 2 aliphatic heterocycles. The lowest BCUT2D eigenvalue weighted by Crippen LogP contribution is -2.65. The van der Waals surface area contributed by atoms with Gasteiger partial charge in [-0.3, -0.25) is 4.79 Å². The Hall–Kier alpha value is -1.74. The first-order valence-corrected chi connectivity index (χ1v) is 16.7. The van der Waals surface area contributed by atoms with Gasteiger partial charge in [0.2, 0.25) is 0 Å². The third-order valence-corrected chi connectivity index (χ3v) is 13.3. The van der Waals surface area contributed by atoms with Crippen LogP contribution in [0.25, 0.3) is 0 Å². The standard InChI is InChI=1S/C34H50O12/c1-16-11-25(46-29(41)19(16)14-35)33(4,42)23-8-10-34(43)21-6-5-17-12-18(44-30-28(40)27(39)26(38)22(15-36)45-30)13-24(37)32(17,3)20(21)7-9-31(23,34)2/h5,18,20-23,25-28,30,35-36,38-40,42-43H,6-15H2,1-4H3. The van der Waals surface area contributed by atoms with Crippen molar-refractivity contribution in [2.75, 3.05) is 13.2 Å². The molecule has 258 valence electrons. The van der Waals surface area contributed by atoms with Gasteiger partial charge < -0.3 is 50.0 Å². The van der Waals surface area contributed by atoms with Gasteiger partial charge in [0.05, 0.1) is 35.9 Å². The number of carbonyl (C=O) groups is 2. The lowest BCUT2D eigenvalue weighted by atomic mass is 9.44. The molecule has 0 aromatic carbocycles. The molecule has 0 amide bonds. The SMILES string of the molecule is CC1=C(CO)C(=O)OC(C(C)(O)C2CCC3(O)C4CC=C5CC(OC6OC(CO)C(O)C(O)C6O)CC(=O)C5(C)C4CCC23C)C1. The largest absolute Gasteiger partial charge is 0.456 e. The van der Waals surface area contributed by atoms with E-state index in [0.717, 1.165) is 5.57 Å². The average molecular weight is 651 g/mol. The summed E-state index contributed by atoms with van der Waals surface area (Å²) in [7, 11) is 0. The van der Waals surface area contributed by atoms with Gasteiger partial charge in [-0.05, 0) is 77.0 Å². The molecule has 4 aliphatic carbocycles. The molecule has 0 radical (unpaired) electrons. The summed E-state index contributed by atoms with van der Waals surface area (Å²) < 4.78 is 17.2. The fourth-order valence-electron chi connectivity index (χ4n) is 10.4. The van der Waals surface area contributed by atoms with Crippen LogP contribution in [0.5, 0.6) is 0 Å². The molecule has 0 aromatic rings. The van der Waals surface area contributed by atoms with Gasteiger partial charge in [0, 0.05) is 18.3 Å². The average Bonchev–Trinajstić information content (AvgIpc) is 3.29. The van der Waals surface area contributed by atoms with Crippen LogP contribution in [0.15, 0.2) is 22.8 Å². The molecule has 12 nitrogen and oxygen atoms in total. The Morgan fingerprint density at radius 3 is 2.37 bits per heavy atom. The second-order valence-corrected chi connectivity index (χ2v) is 15.4. The third-order valence-electron chi connectivity index (χ3n) is 13.3. The minimum atomic E-state index is -1.58. The van der Waals surface area contributed by atoms with Gasteiger partial charge in [-0.1, -0.05) is 24.1 Å². The Balaban J connectivity index is 1.22. The molecule has 3 saturated carbocycles. The predicted octanol–water partition coefficient (Wildman–Crippen LogP) is 0.420. The van der Waals surface area contributed by atoms with Gasteiger partial charge in [0.1, 0.15) is 41.9 Å². The zero-order chi connectivity index (χ0) is 33.6. The summed E-state index contributed by atoms with van der Waals surface area (Å²) in [5.74, 6) is -1.41. The highest BCUT2D eigenvalue weighted by Gasteiger charge is 2.70. The van der Waals surface area contributed by atoms with Crippen molar-refractivity contribution in [1.82, 2.24) is 0 Å². The number of carbonyl (C=O) groups excluding carboxylic acids is 2. The van der Waals surface area contributed by atoms with Gasteiger partial charge in [-0.25, -0.2) is 4.79 Å². The molecule has 6 aliphatic rings. The van der Waals surface area contributed by atoms with E-state index in [1.54, 1.807) is 13.8 Å². The van der Waals surface area contributed by atoms with Crippen molar-refractivity contribution in [3.8, 4) is 0 Å². The first-order chi connectivity index (χ1) is 21.5. The van der Waals surface area contributed by atoms with Crippen molar-refractivity contribution in [2.24, 2.45) is 28.6 Å². The Bertz CT molecular complexity index is 1310. The molecule has 7 N–H and O–H groups in total. The molecule has 14 atom stereocenters. The molecule has 0 spiro atoms. The summed E-state index contributed by atoms with van der Waals surface area (Å²) in [6.45, 7) is 6.43. The fourth-order valence-corrected chi connectivity index (χ4v) is 10.4. The summed E-state index contributed by atoms with van der Waals surface area (Å²) in [6, 6.07) is 0. The van der Waals surface area contributed by atoms with Crippen LogP contribution in [0.4, 0.5) is 0 Å². The maximum absolute atomic E-state index is 14.0. The van der Waals surface area contributed by atoms with E-state index in [0.29, 0.717) is 50.5 Å². The number of esters is 1. The second kappa shape index (κ2) is 11.7. The number of hydrogen-bond acceptors (Lipinski definition) is 12. The van der Waals surface area contributed by atoms with Crippen LogP contribution in [-0.4, -0.2) is 115 Å². The van der Waals surface area contributed by atoms with Crippen LogP contribution >= 0.6 is 0 Å². The number of allylic oxidation sites excluding steroid dienone is 1. The van der Waals surface area contributed by atoms with Crippen LogP contribution in [0.3, 0.4) is 0 Å². The zero-order valence-electron chi connectivity index (χ0n) is 27.1. The number of cyclic esters (lactones) is 1. The van der Waals surface area contributed by atoms with E-state index < -0.39 is 84.1 Å².